The zero-order valence-corrected chi connectivity index (χ0v) is 21.9. The molecule has 2 fully saturated rings. The van der Waals surface area contributed by atoms with Crippen molar-refractivity contribution in [3.8, 4) is 11.4 Å². The van der Waals surface area contributed by atoms with Gasteiger partial charge in [0.25, 0.3) is 0 Å². The van der Waals surface area contributed by atoms with Crippen LogP contribution in [-0.4, -0.2) is 102 Å². The van der Waals surface area contributed by atoms with E-state index in [4.69, 9.17) is 19.7 Å². The first-order valence-electron chi connectivity index (χ1n) is 12.3. The molecular formula is C24H31N8O4S-. The van der Waals surface area contributed by atoms with Crippen LogP contribution in [0, 0.1) is 0 Å². The summed E-state index contributed by atoms with van der Waals surface area (Å²) >= 11 is -2.06. The minimum absolute atomic E-state index is 0.0766. The van der Waals surface area contributed by atoms with Gasteiger partial charge in [-0.2, -0.15) is 0 Å². The Labute approximate surface area is 217 Å². The normalized spacial score (nSPS) is 18.3. The molecule has 2 aromatic heterocycles. The van der Waals surface area contributed by atoms with E-state index in [1.54, 1.807) is 0 Å². The van der Waals surface area contributed by atoms with Gasteiger partial charge >= 0.3 is 0 Å². The lowest BCUT2D eigenvalue weighted by Gasteiger charge is -2.34. The van der Waals surface area contributed by atoms with Gasteiger partial charge in [0, 0.05) is 64.5 Å². The van der Waals surface area contributed by atoms with Crippen LogP contribution in [0.1, 0.15) is 12.7 Å². The van der Waals surface area contributed by atoms with E-state index in [1.165, 1.54) is 6.92 Å². The summed E-state index contributed by atoms with van der Waals surface area (Å²) < 4.78 is 29.6. The van der Waals surface area contributed by atoms with E-state index in [1.807, 2.05) is 40.8 Å². The average Bonchev–Trinajstić information content (AvgIpc) is 3.20. The molecule has 13 heteroatoms. The molecule has 37 heavy (non-hydrogen) atoms. The molecule has 0 bridgehead atoms. The monoisotopic (exact) mass is 527 g/mol. The highest BCUT2D eigenvalue weighted by Crippen LogP contribution is 2.29. The van der Waals surface area contributed by atoms with Crippen LogP contribution in [0.3, 0.4) is 0 Å². The SMILES string of the molecule is CC(=O)Nc1ccc(-c2nc(N3CCOCC3)c3nc(CN4CCN(CS(=O)[O-])CC4)n(C)c3n2)cc1. The fourth-order valence-electron chi connectivity index (χ4n) is 4.69. The molecule has 2 aliphatic heterocycles. The number of hydrogen-bond donors (Lipinski definition) is 1. The van der Waals surface area contributed by atoms with Crippen LogP contribution in [0.15, 0.2) is 24.3 Å². The van der Waals surface area contributed by atoms with Crippen molar-refractivity contribution in [1.82, 2.24) is 29.3 Å². The Balaban J connectivity index is 1.45. The van der Waals surface area contributed by atoms with Crippen molar-refractivity contribution in [2.75, 3.05) is 68.6 Å². The third kappa shape index (κ3) is 5.96. The second kappa shape index (κ2) is 11.2. The number of piperazine rings is 1. The molecular weight excluding hydrogens is 496 g/mol. The lowest BCUT2D eigenvalue weighted by Crippen LogP contribution is -2.47. The summed E-state index contributed by atoms with van der Waals surface area (Å²) in [6, 6.07) is 7.49. The minimum Gasteiger partial charge on any atom is -0.771 e. The molecule has 0 radical (unpaired) electrons. The van der Waals surface area contributed by atoms with E-state index in [-0.39, 0.29) is 11.8 Å². The zero-order valence-electron chi connectivity index (χ0n) is 21.1. The highest BCUT2D eigenvalue weighted by molar-refractivity contribution is 7.79. The molecule has 2 saturated heterocycles. The maximum absolute atomic E-state index is 11.4. The van der Waals surface area contributed by atoms with Crippen LogP contribution in [0.25, 0.3) is 22.6 Å². The average molecular weight is 528 g/mol. The minimum atomic E-state index is -2.06. The number of morpholine rings is 1. The third-order valence-corrected chi connectivity index (χ3v) is 7.26. The van der Waals surface area contributed by atoms with Gasteiger partial charge in [0.05, 0.1) is 25.6 Å². The number of anilines is 2. The molecule has 1 aromatic carbocycles. The first-order chi connectivity index (χ1) is 17.9. The fraction of sp³-hybridized carbons (Fsp3) is 0.500. The molecule has 0 aliphatic carbocycles. The first-order valence-corrected chi connectivity index (χ1v) is 13.6. The number of aryl methyl sites for hydroxylation is 1. The molecule has 2 aliphatic rings. The summed E-state index contributed by atoms with van der Waals surface area (Å²) in [4.78, 5) is 32.6. The van der Waals surface area contributed by atoms with E-state index in [2.05, 4.69) is 15.1 Å². The first kappa shape index (κ1) is 25.7. The summed E-state index contributed by atoms with van der Waals surface area (Å²) in [6.07, 6.45) is 0. The lowest BCUT2D eigenvalue weighted by molar-refractivity contribution is -0.114. The molecule has 1 atom stereocenters. The Bertz CT molecular complexity index is 1280. The Morgan fingerprint density at radius 2 is 1.70 bits per heavy atom. The summed E-state index contributed by atoms with van der Waals surface area (Å²) in [5.41, 5.74) is 3.08. The van der Waals surface area contributed by atoms with Crippen LogP contribution in [0.5, 0.6) is 0 Å². The maximum atomic E-state index is 11.4. The van der Waals surface area contributed by atoms with E-state index in [0.29, 0.717) is 38.7 Å². The van der Waals surface area contributed by atoms with Gasteiger partial charge in [-0.15, -0.1) is 0 Å². The summed E-state index contributed by atoms with van der Waals surface area (Å²) in [7, 11) is 1.97. The fourth-order valence-corrected chi connectivity index (χ4v) is 5.25. The topological polar surface area (TPSA) is 132 Å². The molecule has 12 nitrogen and oxygen atoms in total. The Hall–Kier alpha value is -2.97. The summed E-state index contributed by atoms with van der Waals surface area (Å²) in [6.45, 7) is 7.78. The standard InChI is InChI=1S/C24H32N8O4S/c1-17(33)25-19-5-3-18(4-6-19)22-27-23-21(24(28-22)32-11-13-36-14-12-32)26-20(29(23)2)15-30-7-9-31(10-8-30)16-37(34)35/h3-6H,7-16H2,1-2H3,(H,25,33)(H,34,35)/p-1. The molecule has 198 valence electrons. The van der Waals surface area contributed by atoms with Gasteiger partial charge in [-0.25, -0.2) is 15.0 Å². The molecule has 3 aromatic rings. The van der Waals surface area contributed by atoms with Gasteiger partial charge in [-0.3, -0.25) is 18.8 Å². The molecule has 5 rings (SSSR count). The third-order valence-electron chi connectivity index (χ3n) is 6.68. The highest BCUT2D eigenvalue weighted by Gasteiger charge is 2.24. The van der Waals surface area contributed by atoms with Gasteiger partial charge in [-0.1, -0.05) is 0 Å². The van der Waals surface area contributed by atoms with E-state index < -0.39 is 11.1 Å². The van der Waals surface area contributed by atoms with Crippen LogP contribution in [0.4, 0.5) is 11.5 Å². The van der Waals surface area contributed by atoms with Gasteiger partial charge in [0.15, 0.2) is 22.8 Å². The Kier molecular flexibility index (Phi) is 7.76. The number of aromatic nitrogens is 4. The van der Waals surface area contributed by atoms with Gasteiger partial charge in [-0.05, 0) is 35.3 Å². The van der Waals surface area contributed by atoms with E-state index in [0.717, 1.165) is 60.2 Å². The highest BCUT2D eigenvalue weighted by atomic mass is 32.2. The number of ether oxygens (including phenoxy) is 1. The molecule has 1 amide bonds. The van der Waals surface area contributed by atoms with Crippen molar-refractivity contribution < 1.29 is 18.3 Å². The molecule has 0 saturated carbocycles. The van der Waals surface area contributed by atoms with Crippen LogP contribution >= 0.6 is 0 Å². The van der Waals surface area contributed by atoms with Crippen molar-refractivity contribution >= 4 is 39.7 Å². The van der Waals surface area contributed by atoms with Crippen molar-refractivity contribution in [3.63, 3.8) is 0 Å². The predicted molar refractivity (Wildman–Crippen MR) is 140 cm³/mol. The van der Waals surface area contributed by atoms with Crippen molar-refractivity contribution in [3.05, 3.63) is 30.1 Å². The van der Waals surface area contributed by atoms with E-state index in [9.17, 15) is 13.6 Å². The van der Waals surface area contributed by atoms with Crippen molar-refractivity contribution in [1.29, 1.82) is 0 Å². The summed E-state index contributed by atoms with van der Waals surface area (Å²) in [5.74, 6) is 2.23. The number of benzene rings is 1. The van der Waals surface area contributed by atoms with Crippen molar-refractivity contribution in [2.24, 2.45) is 7.05 Å². The van der Waals surface area contributed by atoms with Crippen LogP contribution < -0.4 is 10.2 Å². The number of nitrogens with zero attached hydrogens (tertiary/aromatic N) is 7. The molecule has 0 spiro atoms. The molecule has 1 N–H and O–H groups in total. The number of fused-ring (bicyclic) bond motifs is 1. The number of carbonyl (C=O) groups is 1. The number of rotatable bonds is 7. The maximum Gasteiger partial charge on any atom is 0.221 e. The number of imidazole rings is 1. The number of nitrogens with one attached hydrogen (secondary N) is 1. The number of hydrogen-bond acceptors (Lipinski definition) is 10. The largest absolute Gasteiger partial charge is 0.771 e. The van der Waals surface area contributed by atoms with Crippen LogP contribution in [-0.2, 0) is 34.2 Å². The zero-order chi connectivity index (χ0) is 25.9. The Morgan fingerprint density at radius 3 is 2.35 bits per heavy atom. The van der Waals surface area contributed by atoms with Gasteiger partial charge in [0.1, 0.15) is 5.82 Å². The quantitative estimate of drug-likeness (QED) is 0.440. The predicted octanol–water partition coefficient (Wildman–Crippen LogP) is 0.780. The second-order valence-electron chi connectivity index (χ2n) is 9.32. The summed E-state index contributed by atoms with van der Waals surface area (Å²) in [5, 5.41) is 2.79. The molecule has 1 unspecified atom stereocenters. The lowest BCUT2D eigenvalue weighted by atomic mass is 10.2. The van der Waals surface area contributed by atoms with Crippen LogP contribution in [0.2, 0.25) is 0 Å². The number of amides is 1. The number of carbonyl (C=O) groups excluding carboxylic acids is 1. The van der Waals surface area contributed by atoms with E-state index >= 15 is 0 Å². The molecule has 4 heterocycles. The smallest absolute Gasteiger partial charge is 0.221 e. The van der Waals surface area contributed by atoms with Gasteiger partial charge in [0.2, 0.25) is 5.91 Å². The van der Waals surface area contributed by atoms with Gasteiger partial charge < -0.3 is 24.1 Å². The van der Waals surface area contributed by atoms with Crippen molar-refractivity contribution in [2.45, 2.75) is 13.5 Å². The second-order valence-corrected chi connectivity index (χ2v) is 10.2. The Morgan fingerprint density at radius 1 is 1.03 bits per heavy atom.